The highest BCUT2D eigenvalue weighted by Crippen LogP contribution is 2.37. The van der Waals surface area contributed by atoms with Gasteiger partial charge in [-0.3, -0.25) is 0 Å². The van der Waals surface area contributed by atoms with Crippen molar-refractivity contribution in [3.05, 3.63) is 29.3 Å². The van der Waals surface area contributed by atoms with Gasteiger partial charge in [0.2, 0.25) is 0 Å². The highest BCUT2D eigenvalue weighted by molar-refractivity contribution is 5.37. The van der Waals surface area contributed by atoms with E-state index in [2.05, 4.69) is 11.7 Å². The highest BCUT2D eigenvalue weighted by atomic mass is 19.4. The fourth-order valence-corrected chi connectivity index (χ4v) is 4.65. The van der Waals surface area contributed by atoms with E-state index in [1.54, 1.807) is 6.07 Å². The minimum Gasteiger partial charge on any atom is -0.406 e. The van der Waals surface area contributed by atoms with Crippen LogP contribution in [0.1, 0.15) is 69.4 Å². The van der Waals surface area contributed by atoms with Crippen molar-refractivity contribution in [2.45, 2.75) is 77.5 Å². The molecule has 1 aromatic rings. The minimum absolute atomic E-state index is 0.0858. The lowest BCUT2D eigenvalue weighted by molar-refractivity contribution is -0.274. The molecule has 4 heteroatoms. The van der Waals surface area contributed by atoms with Crippen LogP contribution in [-0.4, -0.2) is 6.36 Å². The molecule has 140 valence electrons. The molecule has 1 atom stereocenters. The first-order valence-electron chi connectivity index (χ1n) is 9.80. The normalized spacial score (nSPS) is 27.0. The van der Waals surface area contributed by atoms with E-state index in [4.69, 9.17) is 0 Å². The molecule has 0 spiro atoms. The number of hydrogen-bond acceptors (Lipinski definition) is 1. The van der Waals surface area contributed by atoms with Gasteiger partial charge in [0.1, 0.15) is 5.75 Å². The summed E-state index contributed by atoms with van der Waals surface area (Å²) in [5.74, 6) is 2.45. The van der Waals surface area contributed by atoms with Gasteiger partial charge in [-0.1, -0.05) is 51.5 Å². The Bertz CT molecular complexity index is 559. The molecule has 1 fully saturated rings. The fourth-order valence-electron chi connectivity index (χ4n) is 4.65. The van der Waals surface area contributed by atoms with Crippen molar-refractivity contribution in [1.82, 2.24) is 0 Å². The lowest BCUT2D eigenvalue weighted by Gasteiger charge is -2.30. The summed E-state index contributed by atoms with van der Waals surface area (Å²) in [6, 6.07) is 4.86. The van der Waals surface area contributed by atoms with E-state index in [1.165, 1.54) is 56.6 Å². The monoisotopic (exact) mass is 354 g/mol. The molecule has 1 aromatic carbocycles. The van der Waals surface area contributed by atoms with Gasteiger partial charge in [0.15, 0.2) is 0 Å². The summed E-state index contributed by atoms with van der Waals surface area (Å²) in [5, 5.41) is 0. The van der Waals surface area contributed by atoms with Gasteiger partial charge in [0.05, 0.1) is 0 Å². The number of alkyl halides is 3. The van der Waals surface area contributed by atoms with E-state index in [-0.39, 0.29) is 5.75 Å². The first kappa shape index (κ1) is 18.6. The molecular weight excluding hydrogens is 325 g/mol. The van der Waals surface area contributed by atoms with Crippen LogP contribution in [0.25, 0.3) is 0 Å². The molecule has 2 aliphatic rings. The average molecular weight is 354 g/mol. The van der Waals surface area contributed by atoms with Crippen molar-refractivity contribution in [3.8, 4) is 5.75 Å². The highest BCUT2D eigenvalue weighted by Gasteiger charge is 2.31. The number of ether oxygens (including phenoxy) is 1. The van der Waals surface area contributed by atoms with Crippen LogP contribution in [-0.2, 0) is 12.8 Å². The van der Waals surface area contributed by atoms with Crippen LogP contribution in [0.3, 0.4) is 0 Å². The summed E-state index contributed by atoms with van der Waals surface area (Å²) in [7, 11) is 0. The maximum atomic E-state index is 12.3. The van der Waals surface area contributed by atoms with Crippen molar-refractivity contribution >= 4 is 0 Å². The lowest BCUT2D eigenvalue weighted by Crippen LogP contribution is -2.19. The Hall–Kier alpha value is -1.19. The molecule has 1 nitrogen and oxygen atoms in total. The topological polar surface area (TPSA) is 9.23 Å². The van der Waals surface area contributed by atoms with Gasteiger partial charge >= 0.3 is 6.36 Å². The zero-order valence-corrected chi connectivity index (χ0v) is 15.1. The second kappa shape index (κ2) is 8.01. The fraction of sp³-hybridized carbons (Fsp3) is 0.714. The summed E-state index contributed by atoms with van der Waals surface area (Å²) >= 11 is 0. The van der Waals surface area contributed by atoms with Crippen molar-refractivity contribution < 1.29 is 17.9 Å². The summed E-state index contributed by atoms with van der Waals surface area (Å²) in [5.41, 5.74) is 2.24. The SMILES string of the molecule is CCC1CCC(CCC2CCc3cc(OC(F)(F)F)ccc3C2)CC1. The standard InChI is InChI=1S/C21H29F3O/c1-2-15-3-5-16(6-4-15)7-8-17-9-10-19-14-20(25-21(22,23)24)12-11-18(19)13-17/h11-12,14-17H,2-10,13H2,1H3. The van der Waals surface area contributed by atoms with Gasteiger partial charge in [-0.25, -0.2) is 0 Å². The summed E-state index contributed by atoms with van der Waals surface area (Å²) in [4.78, 5) is 0. The Kier molecular flexibility index (Phi) is 5.96. The molecule has 1 saturated carbocycles. The van der Waals surface area contributed by atoms with E-state index in [0.29, 0.717) is 5.92 Å². The van der Waals surface area contributed by atoms with Crippen molar-refractivity contribution in [2.75, 3.05) is 0 Å². The third-order valence-electron chi connectivity index (χ3n) is 6.27. The second-order valence-corrected chi connectivity index (χ2v) is 7.96. The Balaban J connectivity index is 1.48. The zero-order chi connectivity index (χ0) is 17.9. The number of rotatable bonds is 5. The summed E-state index contributed by atoms with van der Waals surface area (Å²) in [6.07, 6.45) is 7.85. The van der Waals surface area contributed by atoms with Crippen LogP contribution in [0.2, 0.25) is 0 Å². The number of aryl methyl sites for hydroxylation is 1. The molecule has 0 saturated heterocycles. The van der Waals surface area contributed by atoms with E-state index in [1.807, 2.05) is 6.07 Å². The molecule has 0 radical (unpaired) electrons. The smallest absolute Gasteiger partial charge is 0.406 e. The summed E-state index contributed by atoms with van der Waals surface area (Å²) < 4.78 is 41.1. The maximum Gasteiger partial charge on any atom is 0.573 e. The Morgan fingerprint density at radius 3 is 2.28 bits per heavy atom. The van der Waals surface area contributed by atoms with E-state index in [0.717, 1.165) is 36.7 Å². The first-order valence-corrected chi connectivity index (χ1v) is 9.80. The predicted molar refractivity (Wildman–Crippen MR) is 93.6 cm³/mol. The molecule has 0 heterocycles. The second-order valence-electron chi connectivity index (χ2n) is 7.96. The largest absolute Gasteiger partial charge is 0.573 e. The third kappa shape index (κ3) is 5.39. The van der Waals surface area contributed by atoms with Crippen molar-refractivity contribution in [2.24, 2.45) is 17.8 Å². The molecule has 0 bridgehead atoms. The Morgan fingerprint density at radius 1 is 0.920 bits per heavy atom. The number of hydrogen-bond donors (Lipinski definition) is 0. The summed E-state index contributed by atoms with van der Waals surface area (Å²) in [6.45, 7) is 2.30. The number of halogens is 3. The molecule has 0 aromatic heterocycles. The van der Waals surface area contributed by atoms with Crippen LogP contribution >= 0.6 is 0 Å². The molecule has 0 N–H and O–H groups in total. The van der Waals surface area contributed by atoms with E-state index >= 15 is 0 Å². The van der Waals surface area contributed by atoms with Crippen molar-refractivity contribution in [3.63, 3.8) is 0 Å². The first-order chi connectivity index (χ1) is 11.9. The van der Waals surface area contributed by atoms with Gasteiger partial charge in [0.25, 0.3) is 0 Å². The zero-order valence-electron chi connectivity index (χ0n) is 15.1. The van der Waals surface area contributed by atoms with Crippen LogP contribution in [0.5, 0.6) is 5.75 Å². The average Bonchev–Trinajstić information content (AvgIpc) is 2.59. The molecule has 3 rings (SSSR count). The number of fused-ring (bicyclic) bond motifs is 1. The van der Waals surface area contributed by atoms with Crippen LogP contribution in [0.15, 0.2) is 18.2 Å². The van der Waals surface area contributed by atoms with Gasteiger partial charge in [-0.15, -0.1) is 13.2 Å². The minimum atomic E-state index is -4.61. The van der Waals surface area contributed by atoms with Crippen LogP contribution < -0.4 is 4.74 Å². The maximum absolute atomic E-state index is 12.3. The van der Waals surface area contributed by atoms with Gasteiger partial charge in [-0.05, 0) is 66.7 Å². The van der Waals surface area contributed by atoms with Crippen LogP contribution in [0, 0.1) is 17.8 Å². The van der Waals surface area contributed by atoms with E-state index in [9.17, 15) is 13.2 Å². The molecular formula is C21H29F3O. The third-order valence-corrected chi connectivity index (χ3v) is 6.27. The predicted octanol–water partition coefficient (Wildman–Crippen LogP) is 6.69. The van der Waals surface area contributed by atoms with Gasteiger partial charge in [-0.2, -0.15) is 0 Å². The van der Waals surface area contributed by atoms with Gasteiger partial charge < -0.3 is 4.74 Å². The van der Waals surface area contributed by atoms with Crippen molar-refractivity contribution in [1.29, 1.82) is 0 Å². The molecule has 25 heavy (non-hydrogen) atoms. The van der Waals surface area contributed by atoms with Gasteiger partial charge in [0, 0.05) is 0 Å². The molecule has 0 amide bonds. The van der Waals surface area contributed by atoms with Crippen LogP contribution in [0.4, 0.5) is 13.2 Å². The Morgan fingerprint density at radius 2 is 1.60 bits per heavy atom. The molecule has 1 unspecified atom stereocenters. The Labute approximate surface area is 149 Å². The lowest BCUT2D eigenvalue weighted by atomic mass is 9.76. The number of benzene rings is 1. The quantitative estimate of drug-likeness (QED) is 0.572. The molecule has 2 aliphatic carbocycles. The van der Waals surface area contributed by atoms with E-state index < -0.39 is 6.36 Å². The molecule has 0 aliphatic heterocycles.